The van der Waals surface area contributed by atoms with E-state index in [2.05, 4.69) is 5.32 Å². The van der Waals surface area contributed by atoms with E-state index in [0.29, 0.717) is 38.8 Å². The molecule has 0 saturated heterocycles. The number of aliphatic carboxylic acids is 1. The van der Waals surface area contributed by atoms with Crippen molar-refractivity contribution in [3.05, 3.63) is 35.4 Å². The number of nitrogens with one attached hydrogen (secondary N) is 1. The number of carbonyl (C=O) groups is 2. The Morgan fingerprint density at radius 1 is 1.12 bits per heavy atom. The van der Waals surface area contributed by atoms with Gasteiger partial charge in [-0.25, -0.2) is 0 Å². The summed E-state index contributed by atoms with van der Waals surface area (Å²) >= 11 is 0. The molecule has 0 aromatic heterocycles. The zero-order valence-electron chi connectivity index (χ0n) is 15.4. The molecule has 138 valence electrons. The van der Waals surface area contributed by atoms with E-state index in [-0.39, 0.29) is 23.3 Å². The SMILES string of the molecule is CC(C)(C)OCc1cccc(CNC(=O)C2CCC(C(=O)O)CC2)c1. The van der Waals surface area contributed by atoms with E-state index in [1.54, 1.807) is 0 Å². The number of carbonyl (C=O) groups excluding carboxylic acids is 1. The normalized spacial score (nSPS) is 20.9. The molecular weight excluding hydrogens is 318 g/mol. The first-order chi connectivity index (χ1) is 11.7. The van der Waals surface area contributed by atoms with Crippen molar-refractivity contribution in [3.8, 4) is 0 Å². The van der Waals surface area contributed by atoms with Crippen molar-refractivity contribution >= 4 is 11.9 Å². The molecule has 1 aromatic carbocycles. The number of rotatable bonds is 6. The zero-order valence-corrected chi connectivity index (χ0v) is 15.4. The van der Waals surface area contributed by atoms with Crippen LogP contribution >= 0.6 is 0 Å². The molecule has 0 bridgehead atoms. The van der Waals surface area contributed by atoms with Crippen LogP contribution in [-0.4, -0.2) is 22.6 Å². The summed E-state index contributed by atoms with van der Waals surface area (Å²) in [6.45, 7) is 7.11. The molecule has 2 N–H and O–H groups in total. The summed E-state index contributed by atoms with van der Waals surface area (Å²) in [7, 11) is 0. The van der Waals surface area contributed by atoms with Gasteiger partial charge in [-0.1, -0.05) is 24.3 Å². The van der Waals surface area contributed by atoms with Crippen LogP contribution in [-0.2, 0) is 27.5 Å². The topological polar surface area (TPSA) is 75.6 Å². The van der Waals surface area contributed by atoms with Gasteiger partial charge in [-0.05, 0) is 57.6 Å². The third kappa shape index (κ3) is 6.50. The minimum Gasteiger partial charge on any atom is -0.481 e. The number of amides is 1. The fourth-order valence-corrected chi connectivity index (χ4v) is 3.07. The Kier molecular flexibility index (Phi) is 6.59. The van der Waals surface area contributed by atoms with E-state index in [0.717, 1.165) is 11.1 Å². The quantitative estimate of drug-likeness (QED) is 0.826. The minimum atomic E-state index is -0.742. The minimum absolute atomic E-state index is 0.0279. The Morgan fingerprint density at radius 3 is 2.32 bits per heavy atom. The van der Waals surface area contributed by atoms with E-state index in [4.69, 9.17) is 9.84 Å². The zero-order chi connectivity index (χ0) is 18.4. The second kappa shape index (κ2) is 8.48. The molecular formula is C20H29NO4. The highest BCUT2D eigenvalue weighted by atomic mass is 16.5. The van der Waals surface area contributed by atoms with Gasteiger partial charge in [-0.15, -0.1) is 0 Å². The van der Waals surface area contributed by atoms with Crippen LogP contribution in [0.2, 0.25) is 0 Å². The average molecular weight is 347 g/mol. The number of hydrogen-bond donors (Lipinski definition) is 2. The van der Waals surface area contributed by atoms with Gasteiger partial charge in [0.15, 0.2) is 0 Å². The fraction of sp³-hybridized carbons (Fsp3) is 0.600. The lowest BCUT2D eigenvalue weighted by molar-refractivity contribution is -0.144. The van der Waals surface area contributed by atoms with Gasteiger partial charge in [0.1, 0.15) is 0 Å². The van der Waals surface area contributed by atoms with Crippen molar-refractivity contribution < 1.29 is 19.4 Å². The second-order valence-electron chi connectivity index (χ2n) is 7.83. The van der Waals surface area contributed by atoms with Crippen molar-refractivity contribution in [2.45, 2.75) is 65.2 Å². The standard InChI is InChI=1S/C20H29NO4/c1-20(2,3)25-13-15-6-4-5-14(11-15)12-21-18(22)16-7-9-17(10-8-16)19(23)24/h4-6,11,16-17H,7-10,12-13H2,1-3H3,(H,21,22)(H,23,24). The highest BCUT2D eigenvalue weighted by Gasteiger charge is 2.29. The molecule has 1 aliphatic carbocycles. The van der Waals surface area contributed by atoms with Gasteiger partial charge in [-0.2, -0.15) is 0 Å². The molecule has 5 nitrogen and oxygen atoms in total. The van der Waals surface area contributed by atoms with Crippen molar-refractivity contribution in [2.75, 3.05) is 0 Å². The van der Waals surface area contributed by atoms with E-state index >= 15 is 0 Å². The molecule has 0 unspecified atom stereocenters. The van der Waals surface area contributed by atoms with Crippen molar-refractivity contribution in [1.82, 2.24) is 5.32 Å². The van der Waals surface area contributed by atoms with Crippen LogP contribution in [0.4, 0.5) is 0 Å². The molecule has 1 amide bonds. The number of hydrogen-bond acceptors (Lipinski definition) is 3. The molecule has 0 spiro atoms. The molecule has 1 saturated carbocycles. The third-order valence-electron chi connectivity index (χ3n) is 4.58. The fourth-order valence-electron chi connectivity index (χ4n) is 3.07. The summed E-state index contributed by atoms with van der Waals surface area (Å²) in [6.07, 6.45) is 2.49. The van der Waals surface area contributed by atoms with Crippen LogP contribution in [0.3, 0.4) is 0 Å². The maximum Gasteiger partial charge on any atom is 0.306 e. The van der Waals surface area contributed by atoms with E-state index in [9.17, 15) is 9.59 Å². The van der Waals surface area contributed by atoms with Gasteiger partial charge in [0, 0.05) is 12.5 Å². The van der Waals surface area contributed by atoms with Crippen LogP contribution in [0.25, 0.3) is 0 Å². The lowest BCUT2D eigenvalue weighted by atomic mass is 9.81. The van der Waals surface area contributed by atoms with Gasteiger partial charge in [0.25, 0.3) is 0 Å². The maximum atomic E-state index is 12.3. The monoisotopic (exact) mass is 347 g/mol. The summed E-state index contributed by atoms with van der Waals surface area (Å²) in [5.41, 5.74) is 1.95. The summed E-state index contributed by atoms with van der Waals surface area (Å²) in [5, 5.41) is 12.0. The smallest absolute Gasteiger partial charge is 0.306 e. The predicted molar refractivity (Wildman–Crippen MR) is 95.9 cm³/mol. The molecule has 0 radical (unpaired) electrons. The molecule has 1 aliphatic rings. The number of benzene rings is 1. The molecule has 0 atom stereocenters. The van der Waals surface area contributed by atoms with Crippen molar-refractivity contribution in [3.63, 3.8) is 0 Å². The summed E-state index contributed by atoms with van der Waals surface area (Å²) < 4.78 is 5.79. The van der Waals surface area contributed by atoms with Crippen LogP contribution < -0.4 is 5.32 Å². The molecule has 25 heavy (non-hydrogen) atoms. The number of ether oxygens (including phenoxy) is 1. The molecule has 2 rings (SSSR count). The highest BCUT2D eigenvalue weighted by Crippen LogP contribution is 2.29. The van der Waals surface area contributed by atoms with Crippen LogP contribution in [0.15, 0.2) is 24.3 Å². The van der Waals surface area contributed by atoms with Gasteiger partial charge >= 0.3 is 5.97 Å². The Morgan fingerprint density at radius 2 is 1.72 bits per heavy atom. The lowest BCUT2D eigenvalue weighted by Gasteiger charge is -2.25. The largest absolute Gasteiger partial charge is 0.481 e. The molecule has 0 heterocycles. The summed E-state index contributed by atoms with van der Waals surface area (Å²) in [6, 6.07) is 8.03. The van der Waals surface area contributed by atoms with E-state index in [1.165, 1.54) is 0 Å². The van der Waals surface area contributed by atoms with Gasteiger partial charge in [0.2, 0.25) is 5.91 Å². The predicted octanol–water partition coefficient (Wildman–Crippen LogP) is 3.51. The molecule has 1 aromatic rings. The van der Waals surface area contributed by atoms with Crippen LogP contribution in [0.1, 0.15) is 57.6 Å². The maximum absolute atomic E-state index is 12.3. The number of carboxylic acids is 1. The lowest BCUT2D eigenvalue weighted by Crippen LogP contribution is -2.34. The van der Waals surface area contributed by atoms with Gasteiger partial charge in [0.05, 0.1) is 18.1 Å². The van der Waals surface area contributed by atoms with Crippen LogP contribution in [0.5, 0.6) is 0 Å². The number of carboxylic acid groups (broad SMARTS) is 1. The van der Waals surface area contributed by atoms with E-state index in [1.807, 2.05) is 45.0 Å². The van der Waals surface area contributed by atoms with Crippen LogP contribution in [0, 0.1) is 11.8 Å². The molecule has 1 fully saturated rings. The first kappa shape index (κ1) is 19.4. The Balaban J connectivity index is 1.81. The Bertz CT molecular complexity index is 598. The first-order valence-electron chi connectivity index (χ1n) is 8.97. The highest BCUT2D eigenvalue weighted by molar-refractivity contribution is 5.79. The molecule has 5 heteroatoms. The Labute approximate surface area is 149 Å². The van der Waals surface area contributed by atoms with E-state index < -0.39 is 5.97 Å². The van der Waals surface area contributed by atoms with Gasteiger partial charge in [-0.3, -0.25) is 9.59 Å². The average Bonchev–Trinajstić information content (AvgIpc) is 2.58. The summed E-state index contributed by atoms with van der Waals surface area (Å²) in [4.78, 5) is 23.3. The Hall–Kier alpha value is -1.88. The third-order valence-corrected chi connectivity index (χ3v) is 4.58. The van der Waals surface area contributed by atoms with Crippen molar-refractivity contribution in [2.24, 2.45) is 11.8 Å². The summed E-state index contributed by atoms with van der Waals surface area (Å²) in [5.74, 6) is -1.07. The van der Waals surface area contributed by atoms with Crippen molar-refractivity contribution in [1.29, 1.82) is 0 Å². The second-order valence-corrected chi connectivity index (χ2v) is 7.83. The van der Waals surface area contributed by atoms with Gasteiger partial charge < -0.3 is 15.2 Å². The molecule has 0 aliphatic heterocycles. The first-order valence-corrected chi connectivity index (χ1v) is 8.97.